The average molecular weight is 286 g/mol. The van der Waals surface area contributed by atoms with Crippen LogP contribution in [0.4, 0.5) is 0 Å². The highest BCUT2D eigenvalue weighted by Gasteiger charge is 2.57. The molecule has 4 rings (SSSR count). The van der Waals surface area contributed by atoms with E-state index < -0.39 is 0 Å². The number of hydrogen-bond acceptors (Lipinski definition) is 3. The lowest BCUT2D eigenvalue weighted by atomic mass is 9.91. The second kappa shape index (κ2) is 4.73. The third-order valence-corrected chi connectivity index (χ3v) is 5.43. The van der Waals surface area contributed by atoms with Crippen LogP contribution in [-0.2, 0) is 10.5 Å². The fraction of sp³-hybridized carbons (Fsp3) is 0.588. The van der Waals surface area contributed by atoms with E-state index >= 15 is 0 Å². The number of hydrogen-bond donors (Lipinski definition) is 1. The van der Waals surface area contributed by atoms with Gasteiger partial charge in [-0.3, -0.25) is 10.1 Å². The first-order valence-electron chi connectivity index (χ1n) is 7.99. The van der Waals surface area contributed by atoms with Gasteiger partial charge in [-0.2, -0.15) is 0 Å². The first-order chi connectivity index (χ1) is 10.2. The van der Waals surface area contributed by atoms with E-state index in [1.165, 1.54) is 24.8 Å². The molecule has 0 bridgehead atoms. The molecule has 3 unspecified atom stereocenters. The van der Waals surface area contributed by atoms with Crippen LogP contribution < -0.4 is 10.1 Å². The predicted octanol–water partition coefficient (Wildman–Crippen LogP) is 2.38. The topological polar surface area (TPSA) is 41.6 Å². The van der Waals surface area contributed by atoms with Gasteiger partial charge in [-0.1, -0.05) is 25.0 Å². The number of methoxy groups -OCH3 is 1. The van der Waals surface area contributed by atoms with Crippen molar-refractivity contribution in [2.45, 2.75) is 56.3 Å². The molecule has 1 amide bonds. The van der Waals surface area contributed by atoms with Gasteiger partial charge in [0.2, 0.25) is 5.91 Å². The summed E-state index contributed by atoms with van der Waals surface area (Å²) in [7, 11) is 1.68. The Morgan fingerprint density at radius 2 is 2.00 bits per heavy atom. The number of fused-ring (bicyclic) bond motifs is 3. The molecule has 3 fully saturated rings. The van der Waals surface area contributed by atoms with Gasteiger partial charge in [0.05, 0.1) is 7.11 Å². The van der Waals surface area contributed by atoms with Gasteiger partial charge < -0.3 is 9.64 Å². The maximum absolute atomic E-state index is 12.5. The van der Waals surface area contributed by atoms with Gasteiger partial charge in [0.1, 0.15) is 11.4 Å². The van der Waals surface area contributed by atoms with Crippen molar-refractivity contribution in [3.05, 3.63) is 29.8 Å². The van der Waals surface area contributed by atoms with Gasteiger partial charge >= 0.3 is 0 Å². The smallest absolute Gasteiger partial charge is 0.224 e. The molecule has 4 nitrogen and oxygen atoms in total. The van der Waals surface area contributed by atoms with Gasteiger partial charge in [0.25, 0.3) is 0 Å². The van der Waals surface area contributed by atoms with Crippen LogP contribution in [0.3, 0.4) is 0 Å². The summed E-state index contributed by atoms with van der Waals surface area (Å²) in [6, 6.07) is 9.05. The lowest BCUT2D eigenvalue weighted by molar-refractivity contribution is -0.132. The van der Waals surface area contributed by atoms with Gasteiger partial charge in [-0.25, -0.2) is 0 Å². The van der Waals surface area contributed by atoms with Crippen molar-refractivity contribution in [1.29, 1.82) is 0 Å². The first-order valence-corrected chi connectivity index (χ1v) is 7.99. The monoisotopic (exact) mass is 286 g/mol. The Kier molecular flexibility index (Phi) is 2.96. The van der Waals surface area contributed by atoms with Gasteiger partial charge in [0.15, 0.2) is 0 Å². The molecule has 1 aromatic carbocycles. The van der Waals surface area contributed by atoms with E-state index in [1.807, 2.05) is 12.1 Å². The minimum Gasteiger partial charge on any atom is -0.497 e. The van der Waals surface area contributed by atoms with E-state index in [-0.39, 0.29) is 5.66 Å². The van der Waals surface area contributed by atoms with E-state index in [2.05, 4.69) is 22.3 Å². The van der Waals surface area contributed by atoms with Crippen LogP contribution in [0.5, 0.6) is 5.75 Å². The number of benzene rings is 1. The Morgan fingerprint density at radius 3 is 2.76 bits per heavy atom. The van der Waals surface area contributed by atoms with Gasteiger partial charge in [0, 0.05) is 18.5 Å². The van der Waals surface area contributed by atoms with Gasteiger partial charge in [-0.15, -0.1) is 0 Å². The summed E-state index contributed by atoms with van der Waals surface area (Å²) in [6.07, 6.45) is 6.38. The largest absolute Gasteiger partial charge is 0.497 e. The van der Waals surface area contributed by atoms with Crippen LogP contribution in [0, 0.1) is 0 Å². The molecule has 2 saturated heterocycles. The number of carbonyl (C=O) groups is 1. The molecule has 1 saturated carbocycles. The van der Waals surface area contributed by atoms with E-state index in [0.29, 0.717) is 24.4 Å². The number of nitrogens with zero attached hydrogens (tertiary/aromatic N) is 1. The third-order valence-electron chi connectivity index (χ3n) is 5.43. The maximum Gasteiger partial charge on any atom is 0.224 e. The fourth-order valence-corrected chi connectivity index (χ4v) is 4.48. The fourth-order valence-electron chi connectivity index (χ4n) is 4.48. The zero-order valence-corrected chi connectivity index (χ0v) is 12.5. The molecule has 3 aliphatic rings. The normalized spacial score (nSPS) is 34.7. The summed E-state index contributed by atoms with van der Waals surface area (Å²) in [4.78, 5) is 14.6. The molecule has 1 aromatic rings. The SMILES string of the molecule is COc1ccc(C23CCC(=O)N2C2CCCCC2N3)cc1. The lowest BCUT2D eigenvalue weighted by Gasteiger charge is -2.35. The van der Waals surface area contributed by atoms with Crippen molar-refractivity contribution in [3.8, 4) is 5.75 Å². The van der Waals surface area contributed by atoms with Crippen molar-refractivity contribution in [2.24, 2.45) is 0 Å². The molecular formula is C17H22N2O2. The standard InChI is InChI=1S/C17H22N2O2/c1-21-13-8-6-12(7-9-13)17-11-10-16(20)19(17)15-5-3-2-4-14(15)18-17/h6-9,14-15,18H,2-5,10-11H2,1H3. The molecule has 1 aliphatic carbocycles. The molecule has 0 spiro atoms. The molecule has 3 atom stereocenters. The van der Waals surface area contributed by atoms with Crippen molar-refractivity contribution in [1.82, 2.24) is 10.2 Å². The number of nitrogens with one attached hydrogen (secondary N) is 1. The number of amides is 1. The zero-order chi connectivity index (χ0) is 14.4. The Bertz CT molecular complexity index is 556. The number of rotatable bonds is 2. The zero-order valence-electron chi connectivity index (χ0n) is 12.5. The minimum atomic E-state index is -0.275. The molecule has 0 radical (unpaired) electrons. The van der Waals surface area contributed by atoms with Crippen LogP contribution in [0.25, 0.3) is 0 Å². The quantitative estimate of drug-likeness (QED) is 0.907. The highest BCUT2D eigenvalue weighted by Crippen LogP contribution is 2.47. The van der Waals surface area contributed by atoms with E-state index in [0.717, 1.165) is 18.6 Å². The number of ether oxygens (including phenoxy) is 1. The molecule has 1 N–H and O–H groups in total. The second-order valence-electron chi connectivity index (χ2n) is 6.46. The first kappa shape index (κ1) is 13.1. The van der Waals surface area contributed by atoms with E-state index in [9.17, 15) is 4.79 Å². The number of carbonyl (C=O) groups excluding carboxylic acids is 1. The predicted molar refractivity (Wildman–Crippen MR) is 79.9 cm³/mol. The Balaban J connectivity index is 1.74. The van der Waals surface area contributed by atoms with Crippen LogP contribution in [0.1, 0.15) is 44.1 Å². The molecule has 0 aromatic heterocycles. The highest BCUT2D eigenvalue weighted by molar-refractivity contribution is 5.81. The molecular weight excluding hydrogens is 264 g/mol. The Hall–Kier alpha value is -1.55. The minimum absolute atomic E-state index is 0.275. The summed E-state index contributed by atoms with van der Waals surface area (Å²) in [5.41, 5.74) is 0.923. The van der Waals surface area contributed by atoms with E-state index in [1.54, 1.807) is 7.11 Å². The Labute approximate surface area is 125 Å². The molecule has 2 heterocycles. The van der Waals surface area contributed by atoms with Crippen molar-refractivity contribution >= 4 is 5.91 Å². The molecule has 112 valence electrons. The lowest BCUT2D eigenvalue weighted by Crippen LogP contribution is -2.47. The molecule has 4 heteroatoms. The van der Waals surface area contributed by atoms with Crippen LogP contribution >= 0.6 is 0 Å². The molecule has 21 heavy (non-hydrogen) atoms. The van der Waals surface area contributed by atoms with Crippen LogP contribution in [0.2, 0.25) is 0 Å². The van der Waals surface area contributed by atoms with Crippen molar-refractivity contribution in [2.75, 3.05) is 7.11 Å². The third kappa shape index (κ3) is 1.81. The summed E-state index contributed by atoms with van der Waals surface area (Å²) < 4.78 is 5.26. The highest BCUT2D eigenvalue weighted by atomic mass is 16.5. The Morgan fingerprint density at radius 1 is 1.24 bits per heavy atom. The average Bonchev–Trinajstić information content (AvgIpc) is 3.03. The summed E-state index contributed by atoms with van der Waals surface area (Å²) >= 11 is 0. The van der Waals surface area contributed by atoms with E-state index in [4.69, 9.17) is 4.74 Å². The second-order valence-corrected chi connectivity index (χ2v) is 6.46. The maximum atomic E-state index is 12.5. The van der Waals surface area contributed by atoms with Crippen LogP contribution in [-0.4, -0.2) is 30.0 Å². The summed E-state index contributed by atoms with van der Waals surface area (Å²) in [6.45, 7) is 0. The summed E-state index contributed by atoms with van der Waals surface area (Å²) in [5.74, 6) is 1.18. The van der Waals surface area contributed by atoms with Crippen molar-refractivity contribution < 1.29 is 9.53 Å². The van der Waals surface area contributed by atoms with Crippen LogP contribution in [0.15, 0.2) is 24.3 Å². The van der Waals surface area contributed by atoms with Crippen molar-refractivity contribution in [3.63, 3.8) is 0 Å². The molecule has 2 aliphatic heterocycles. The summed E-state index contributed by atoms with van der Waals surface area (Å²) in [5, 5.41) is 3.82. The van der Waals surface area contributed by atoms with Gasteiger partial charge in [-0.05, 0) is 37.0 Å².